The molecule has 178 valence electrons. The molecule has 1 aromatic carbocycles. The lowest BCUT2D eigenvalue weighted by atomic mass is 9.91. The number of benzene rings is 1. The number of anilines is 2. The van der Waals surface area contributed by atoms with Gasteiger partial charge in [0, 0.05) is 18.3 Å². The fourth-order valence-electron chi connectivity index (χ4n) is 3.82. The molecule has 1 heterocycles. The van der Waals surface area contributed by atoms with Crippen LogP contribution in [0.2, 0.25) is 0 Å². The Morgan fingerprint density at radius 1 is 1.09 bits per heavy atom. The summed E-state index contributed by atoms with van der Waals surface area (Å²) >= 11 is 0. The zero-order chi connectivity index (χ0) is 24.2. The predicted molar refractivity (Wildman–Crippen MR) is 127 cm³/mol. The highest BCUT2D eigenvalue weighted by Crippen LogP contribution is 2.26. The molecule has 1 fully saturated rings. The quantitative estimate of drug-likeness (QED) is 0.560. The molecule has 0 saturated heterocycles. The zero-order valence-corrected chi connectivity index (χ0v) is 19.9. The van der Waals surface area contributed by atoms with Gasteiger partial charge >= 0.3 is 6.09 Å². The average molecular weight is 456 g/mol. The van der Waals surface area contributed by atoms with Gasteiger partial charge in [-0.25, -0.2) is 9.78 Å². The number of carbonyl (C=O) groups is 2. The molecule has 33 heavy (non-hydrogen) atoms. The van der Waals surface area contributed by atoms with Crippen LogP contribution in [-0.2, 0) is 4.74 Å². The standard InChI is InChI=1S/C24H33N5O4/c1-14-6-11-19(32-5)17(12-14)20(30)18-13-26-22(29-21(18)25)27-15-7-9-16(10-8-15)28-23(31)33-24(2,3)4/h6,11-13,15-16H,7-10H2,1-5H3,(H,28,31)(H3,25,26,27,29). The van der Waals surface area contributed by atoms with E-state index in [4.69, 9.17) is 15.2 Å². The maximum atomic E-state index is 13.0. The first kappa shape index (κ1) is 24.3. The van der Waals surface area contributed by atoms with Crippen LogP contribution in [0, 0.1) is 6.92 Å². The van der Waals surface area contributed by atoms with Crippen LogP contribution in [0.4, 0.5) is 16.6 Å². The van der Waals surface area contributed by atoms with Gasteiger partial charge in [0.2, 0.25) is 11.7 Å². The lowest BCUT2D eigenvalue weighted by Crippen LogP contribution is -2.42. The summed E-state index contributed by atoms with van der Waals surface area (Å²) in [5, 5.41) is 6.22. The lowest BCUT2D eigenvalue weighted by Gasteiger charge is -2.30. The van der Waals surface area contributed by atoms with E-state index in [1.807, 2.05) is 33.8 Å². The van der Waals surface area contributed by atoms with E-state index in [9.17, 15) is 9.59 Å². The minimum Gasteiger partial charge on any atom is -0.496 e. The number of amides is 1. The van der Waals surface area contributed by atoms with Crippen LogP contribution < -0.4 is 21.1 Å². The third kappa shape index (κ3) is 6.57. The maximum absolute atomic E-state index is 13.0. The van der Waals surface area contributed by atoms with E-state index in [2.05, 4.69) is 20.6 Å². The summed E-state index contributed by atoms with van der Waals surface area (Å²) in [6.07, 6.45) is 4.37. The van der Waals surface area contributed by atoms with Crippen molar-refractivity contribution in [3.8, 4) is 5.75 Å². The number of methoxy groups -OCH3 is 1. The van der Waals surface area contributed by atoms with Crippen molar-refractivity contribution in [3.05, 3.63) is 41.1 Å². The molecular formula is C24H33N5O4. The normalized spacial score (nSPS) is 18.3. The molecule has 0 aliphatic heterocycles. The van der Waals surface area contributed by atoms with Crippen molar-refractivity contribution >= 4 is 23.6 Å². The fraction of sp³-hybridized carbons (Fsp3) is 0.500. The number of hydrogen-bond donors (Lipinski definition) is 3. The SMILES string of the molecule is COc1ccc(C)cc1C(=O)c1cnc(NC2CCC(NC(=O)OC(C)(C)C)CC2)nc1N. The number of nitrogens with zero attached hydrogens (tertiary/aromatic N) is 2. The number of carbonyl (C=O) groups excluding carboxylic acids is 2. The molecule has 0 atom stereocenters. The number of alkyl carbamates (subject to hydrolysis) is 1. The molecule has 1 aromatic heterocycles. The van der Waals surface area contributed by atoms with Crippen molar-refractivity contribution in [1.29, 1.82) is 0 Å². The molecule has 0 spiro atoms. The minimum absolute atomic E-state index is 0.0770. The van der Waals surface area contributed by atoms with Gasteiger partial charge in [-0.15, -0.1) is 0 Å². The van der Waals surface area contributed by atoms with Crippen LogP contribution in [0.5, 0.6) is 5.75 Å². The summed E-state index contributed by atoms with van der Waals surface area (Å²) in [5.41, 5.74) is 7.18. The van der Waals surface area contributed by atoms with Crippen LogP contribution >= 0.6 is 0 Å². The van der Waals surface area contributed by atoms with E-state index in [0.717, 1.165) is 31.2 Å². The molecular weight excluding hydrogens is 422 g/mol. The molecule has 1 aliphatic rings. The van der Waals surface area contributed by atoms with Crippen molar-refractivity contribution in [2.24, 2.45) is 0 Å². The highest BCUT2D eigenvalue weighted by molar-refractivity contribution is 6.13. The Balaban J connectivity index is 1.59. The van der Waals surface area contributed by atoms with Gasteiger partial charge < -0.3 is 25.8 Å². The van der Waals surface area contributed by atoms with E-state index >= 15 is 0 Å². The third-order valence-electron chi connectivity index (χ3n) is 5.44. The molecule has 0 radical (unpaired) electrons. The molecule has 2 aromatic rings. The number of nitrogen functional groups attached to an aromatic ring is 1. The van der Waals surface area contributed by atoms with Gasteiger partial charge in [-0.1, -0.05) is 11.6 Å². The number of ether oxygens (including phenoxy) is 2. The number of nitrogens with one attached hydrogen (secondary N) is 2. The number of ketones is 1. The van der Waals surface area contributed by atoms with E-state index in [0.29, 0.717) is 17.3 Å². The Kier molecular flexibility index (Phi) is 7.40. The van der Waals surface area contributed by atoms with Crippen LogP contribution in [0.15, 0.2) is 24.4 Å². The molecule has 0 bridgehead atoms. The Labute approximate surface area is 194 Å². The van der Waals surface area contributed by atoms with Crippen LogP contribution in [0.25, 0.3) is 0 Å². The fourth-order valence-corrected chi connectivity index (χ4v) is 3.82. The smallest absolute Gasteiger partial charge is 0.407 e. The van der Waals surface area contributed by atoms with Crippen molar-refractivity contribution in [2.75, 3.05) is 18.2 Å². The van der Waals surface area contributed by atoms with E-state index in [1.54, 1.807) is 12.1 Å². The third-order valence-corrected chi connectivity index (χ3v) is 5.44. The summed E-state index contributed by atoms with van der Waals surface area (Å²) in [4.78, 5) is 33.6. The molecule has 0 unspecified atom stereocenters. The summed E-state index contributed by atoms with van der Waals surface area (Å²) in [6.45, 7) is 7.43. The Morgan fingerprint density at radius 3 is 2.36 bits per heavy atom. The molecule has 4 N–H and O–H groups in total. The Bertz CT molecular complexity index is 1010. The van der Waals surface area contributed by atoms with Gasteiger partial charge in [0.05, 0.1) is 18.2 Å². The number of aryl methyl sites for hydroxylation is 1. The second kappa shape index (κ2) is 10.1. The van der Waals surface area contributed by atoms with Gasteiger partial charge in [0.1, 0.15) is 17.2 Å². The predicted octanol–water partition coefficient (Wildman–Crippen LogP) is 3.85. The van der Waals surface area contributed by atoms with Crippen LogP contribution in [-0.4, -0.2) is 46.6 Å². The van der Waals surface area contributed by atoms with Crippen molar-refractivity contribution < 1.29 is 19.1 Å². The summed E-state index contributed by atoms with van der Waals surface area (Å²) in [6, 6.07) is 5.62. The lowest BCUT2D eigenvalue weighted by molar-refractivity contribution is 0.0492. The summed E-state index contributed by atoms with van der Waals surface area (Å²) in [7, 11) is 1.52. The van der Waals surface area contributed by atoms with Gasteiger partial charge in [0.15, 0.2) is 0 Å². The largest absolute Gasteiger partial charge is 0.496 e. The topological polar surface area (TPSA) is 128 Å². The Morgan fingerprint density at radius 2 is 1.76 bits per heavy atom. The Hall–Kier alpha value is -3.36. The van der Waals surface area contributed by atoms with Gasteiger partial charge in [0.25, 0.3) is 0 Å². The van der Waals surface area contributed by atoms with E-state index < -0.39 is 5.60 Å². The van der Waals surface area contributed by atoms with Crippen LogP contribution in [0.3, 0.4) is 0 Å². The second-order valence-corrected chi connectivity index (χ2v) is 9.36. The van der Waals surface area contributed by atoms with Gasteiger partial charge in [-0.2, -0.15) is 4.98 Å². The maximum Gasteiger partial charge on any atom is 0.407 e. The van der Waals surface area contributed by atoms with Crippen LogP contribution in [0.1, 0.15) is 67.9 Å². The summed E-state index contributed by atoms with van der Waals surface area (Å²) in [5.74, 6) is 0.683. The van der Waals surface area contributed by atoms with Crippen molar-refractivity contribution in [2.45, 2.75) is 71.1 Å². The molecule has 1 amide bonds. The first-order valence-corrected chi connectivity index (χ1v) is 11.1. The number of rotatable bonds is 6. The monoisotopic (exact) mass is 455 g/mol. The molecule has 9 nitrogen and oxygen atoms in total. The average Bonchev–Trinajstić information content (AvgIpc) is 2.73. The first-order chi connectivity index (χ1) is 15.6. The van der Waals surface area contributed by atoms with Gasteiger partial charge in [-0.05, 0) is 65.5 Å². The molecule has 1 saturated carbocycles. The molecule has 1 aliphatic carbocycles. The van der Waals surface area contributed by atoms with Crippen molar-refractivity contribution in [3.63, 3.8) is 0 Å². The number of hydrogen-bond acceptors (Lipinski definition) is 8. The molecule has 3 rings (SSSR count). The second-order valence-electron chi connectivity index (χ2n) is 9.36. The van der Waals surface area contributed by atoms with Crippen molar-refractivity contribution in [1.82, 2.24) is 15.3 Å². The first-order valence-electron chi connectivity index (χ1n) is 11.1. The van der Waals surface area contributed by atoms with E-state index in [1.165, 1.54) is 13.3 Å². The summed E-state index contributed by atoms with van der Waals surface area (Å²) < 4.78 is 10.6. The highest BCUT2D eigenvalue weighted by Gasteiger charge is 2.26. The number of aromatic nitrogens is 2. The van der Waals surface area contributed by atoms with E-state index in [-0.39, 0.29) is 35.3 Å². The zero-order valence-electron chi connectivity index (χ0n) is 19.9. The van der Waals surface area contributed by atoms with Gasteiger partial charge in [-0.3, -0.25) is 4.79 Å². The molecule has 9 heteroatoms. The number of nitrogens with two attached hydrogens (primary N) is 1. The minimum atomic E-state index is -0.516. The highest BCUT2D eigenvalue weighted by atomic mass is 16.6.